The van der Waals surface area contributed by atoms with Crippen LogP contribution < -0.4 is 0 Å². The number of rotatable bonds is 5. The summed E-state index contributed by atoms with van der Waals surface area (Å²) in [7, 11) is 0. The fraction of sp³-hybridized carbons (Fsp3) is 1.00. The second-order valence-corrected chi connectivity index (χ2v) is 2.55. The molecule has 0 saturated carbocycles. The van der Waals surface area contributed by atoms with Crippen molar-refractivity contribution < 1.29 is 15.3 Å². The number of hydrogen-bond acceptors (Lipinski definition) is 3. The molecule has 3 heteroatoms. The average Bonchev–Trinajstić information content (AvgIpc) is 1.89. The second-order valence-electron chi connectivity index (χ2n) is 2.55. The van der Waals surface area contributed by atoms with Crippen molar-refractivity contribution in [3.05, 3.63) is 0 Å². The topological polar surface area (TPSA) is 60.7 Å². The van der Waals surface area contributed by atoms with Gasteiger partial charge in [0.25, 0.3) is 0 Å². The standard InChI is InChI=1S/C7H16O3/c1-6(10)7(5-9)3-2-4-8/h6-10H,2-5H2,1H3. The van der Waals surface area contributed by atoms with Crippen molar-refractivity contribution in [1.82, 2.24) is 0 Å². The lowest BCUT2D eigenvalue weighted by Gasteiger charge is -2.15. The van der Waals surface area contributed by atoms with E-state index in [-0.39, 0.29) is 19.1 Å². The van der Waals surface area contributed by atoms with Crippen LogP contribution in [0.1, 0.15) is 19.8 Å². The molecule has 0 saturated heterocycles. The zero-order valence-corrected chi connectivity index (χ0v) is 6.32. The highest BCUT2D eigenvalue weighted by Gasteiger charge is 2.12. The van der Waals surface area contributed by atoms with Gasteiger partial charge >= 0.3 is 0 Å². The van der Waals surface area contributed by atoms with Gasteiger partial charge in [-0.1, -0.05) is 0 Å². The molecular formula is C7H16O3. The Morgan fingerprint density at radius 1 is 1.30 bits per heavy atom. The lowest BCUT2D eigenvalue weighted by Crippen LogP contribution is -2.20. The highest BCUT2D eigenvalue weighted by atomic mass is 16.3. The molecular weight excluding hydrogens is 132 g/mol. The highest BCUT2D eigenvalue weighted by molar-refractivity contribution is 4.62. The molecule has 0 aliphatic rings. The second kappa shape index (κ2) is 5.65. The van der Waals surface area contributed by atoms with Gasteiger partial charge in [-0.25, -0.2) is 0 Å². The van der Waals surface area contributed by atoms with Crippen molar-refractivity contribution >= 4 is 0 Å². The van der Waals surface area contributed by atoms with E-state index in [1.807, 2.05) is 0 Å². The van der Waals surface area contributed by atoms with Crippen molar-refractivity contribution in [2.45, 2.75) is 25.9 Å². The largest absolute Gasteiger partial charge is 0.396 e. The molecule has 2 unspecified atom stereocenters. The van der Waals surface area contributed by atoms with Gasteiger partial charge in [0.15, 0.2) is 0 Å². The monoisotopic (exact) mass is 148 g/mol. The van der Waals surface area contributed by atoms with E-state index in [1.165, 1.54) is 0 Å². The van der Waals surface area contributed by atoms with Crippen molar-refractivity contribution in [2.24, 2.45) is 5.92 Å². The third kappa shape index (κ3) is 3.82. The molecule has 0 bridgehead atoms. The summed E-state index contributed by atoms with van der Waals surface area (Å²) in [5, 5.41) is 26.1. The number of aliphatic hydroxyl groups excluding tert-OH is 3. The van der Waals surface area contributed by atoms with Crippen molar-refractivity contribution in [1.29, 1.82) is 0 Å². The summed E-state index contributed by atoms with van der Waals surface area (Å²) in [4.78, 5) is 0. The first-order valence-electron chi connectivity index (χ1n) is 3.62. The van der Waals surface area contributed by atoms with Gasteiger partial charge in [-0.3, -0.25) is 0 Å². The van der Waals surface area contributed by atoms with Gasteiger partial charge in [-0.05, 0) is 19.8 Å². The molecule has 0 amide bonds. The minimum Gasteiger partial charge on any atom is -0.396 e. The minimum atomic E-state index is -0.475. The average molecular weight is 148 g/mol. The molecule has 0 aliphatic heterocycles. The predicted octanol–water partition coefficient (Wildman–Crippen LogP) is -0.252. The van der Waals surface area contributed by atoms with Crippen LogP contribution in [-0.4, -0.2) is 34.6 Å². The predicted molar refractivity (Wildman–Crippen MR) is 38.6 cm³/mol. The van der Waals surface area contributed by atoms with Gasteiger partial charge in [0.2, 0.25) is 0 Å². The zero-order chi connectivity index (χ0) is 7.98. The molecule has 0 aromatic carbocycles. The fourth-order valence-electron chi connectivity index (χ4n) is 0.839. The minimum absolute atomic E-state index is 0.00231. The van der Waals surface area contributed by atoms with E-state index in [4.69, 9.17) is 15.3 Å². The van der Waals surface area contributed by atoms with Crippen LogP contribution in [0.4, 0.5) is 0 Å². The maximum atomic E-state index is 9.00. The summed E-state index contributed by atoms with van der Waals surface area (Å²) in [5.41, 5.74) is 0. The van der Waals surface area contributed by atoms with Crippen LogP contribution in [0.3, 0.4) is 0 Å². The van der Waals surface area contributed by atoms with Gasteiger partial charge in [0.1, 0.15) is 0 Å². The molecule has 3 N–H and O–H groups in total. The summed E-state index contributed by atoms with van der Waals surface area (Å²) in [6.45, 7) is 1.78. The van der Waals surface area contributed by atoms with Gasteiger partial charge < -0.3 is 15.3 Å². The molecule has 0 spiro atoms. The lowest BCUT2D eigenvalue weighted by molar-refractivity contribution is 0.0713. The summed E-state index contributed by atoms with van der Waals surface area (Å²) < 4.78 is 0. The van der Waals surface area contributed by atoms with Gasteiger partial charge in [-0.15, -0.1) is 0 Å². The van der Waals surface area contributed by atoms with Crippen LogP contribution in [0.25, 0.3) is 0 Å². The summed E-state index contributed by atoms with van der Waals surface area (Å²) >= 11 is 0. The Hall–Kier alpha value is -0.120. The fourth-order valence-corrected chi connectivity index (χ4v) is 0.839. The molecule has 0 aliphatic carbocycles. The molecule has 0 rings (SSSR count). The molecule has 3 nitrogen and oxygen atoms in total. The van der Waals surface area contributed by atoms with E-state index in [1.54, 1.807) is 6.92 Å². The first-order chi connectivity index (χ1) is 4.72. The van der Waals surface area contributed by atoms with Crippen molar-refractivity contribution in [3.63, 3.8) is 0 Å². The molecule has 10 heavy (non-hydrogen) atoms. The third-order valence-electron chi connectivity index (χ3n) is 1.65. The van der Waals surface area contributed by atoms with Crippen LogP contribution in [0.15, 0.2) is 0 Å². The Morgan fingerprint density at radius 3 is 2.20 bits per heavy atom. The maximum absolute atomic E-state index is 9.00. The smallest absolute Gasteiger partial charge is 0.0562 e. The van der Waals surface area contributed by atoms with E-state index in [2.05, 4.69) is 0 Å². The third-order valence-corrected chi connectivity index (χ3v) is 1.65. The zero-order valence-electron chi connectivity index (χ0n) is 6.32. The lowest BCUT2D eigenvalue weighted by atomic mass is 9.99. The van der Waals surface area contributed by atoms with Crippen LogP contribution >= 0.6 is 0 Å². The van der Waals surface area contributed by atoms with E-state index in [0.29, 0.717) is 12.8 Å². The van der Waals surface area contributed by atoms with E-state index < -0.39 is 6.10 Å². The summed E-state index contributed by atoms with van der Waals surface area (Å²) in [6, 6.07) is 0. The quantitative estimate of drug-likeness (QED) is 0.504. The van der Waals surface area contributed by atoms with E-state index in [9.17, 15) is 0 Å². The van der Waals surface area contributed by atoms with Crippen LogP contribution in [0.2, 0.25) is 0 Å². The van der Waals surface area contributed by atoms with E-state index in [0.717, 1.165) is 0 Å². The Balaban J connectivity index is 3.40. The molecule has 2 atom stereocenters. The maximum Gasteiger partial charge on any atom is 0.0562 e. The number of hydrogen-bond donors (Lipinski definition) is 3. The molecule has 0 radical (unpaired) electrons. The summed E-state index contributed by atoms with van der Waals surface area (Å²) in [5.74, 6) is -0.0767. The van der Waals surface area contributed by atoms with Crippen LogP contribution in [0.5, 0.6) is 0 Å². The Morgan fingerprint density at radius 2 is 1.90 bits per heavy atom. The number of aliphatic hydroxyl groups is 3. The normalized spacial score (nSPS) is 16.8. The van der Waals surface area contributed by atoms with Gasteiger partial charge in [-0.2, -0.15) is 0 Å². The Bertz CT molecular complexity index is 73.3. The van der Waals surface area contributed by atoms with Gasteiger partial charge in [0, 0.05) is 19.1 Å². The highest BCUT2D eigenvalue weighted by Crippen LogP contribution is 2.09. The molecule has 62 valence electrons. The first-order valence-corrected chi connectivity index (χ1v) is 3.62. The summed E-state index contributed by atoms with van der Waals surface area (Å²) in [6.07, 6.45) is 0.859. The SMILES string of the molecule is CC(O)C(CO)CCCO. The molecule has 0 aromatic rings. The first kappa shape index (κ1) is 9.88. The Kier molecular flexibility index (Phi) is 5.58. The van der Waals surface area contributed by atoms with Crippen LogP contribution in [-0.2, 0) is 0 Å². The van der Waals surface area contributed by atoms with Gasteiger partial charge in [0.05, 0.1) is 6.10 Å². The molecule has 0 aromatic heterocycles. The van der Waals surface area contributed by atoms with Crippen molar-refractivity contribution in [2.75, 3.05) is 13.2 Å². The molecule has 0 heterocycles. The van der Waals surface area contributed by atoms with Crippen molar-refractivity contribution in [3.8, 4) is 0 Å². The Labute approximate surface area is 61.3 Å². The van der Waals surface area contributed by atoms with E-state index >= 15 is 0 Å². The molecule has 0 fully saturated rings. The van der Waals surface area contributed by atoms with Crippen LogP contribution in [0, 0.1) is 5.92 Å².